The topological polar surface area (TPSA) is 102 Å². The number of nitrogens with zero attached hydrogens (tertiary/aromatic N) is 3. The highest BCUT2D eigenvalue weighted by molar-refractivity contribution is 7.71. The summed E-state index contributed by atoms with van der Waals surface area (Å²) >= 11 is 5.23. The van der Waals surface area contributed by atoms with Crippen molar-refractivity contribution < 1.29 is 9.53 Å². The molecule has 0 radical (unpaired) electrons. The smallest absolute Gasteiger partial charge is 0.262 e. The number of benzene rings is 1. The van der Waals surface area contributed by atoms with Crippen molar-refractivity contribution in [2.45, 2.75) is 6.54 Å². The third-order valence-corrected chi connectivity index (χ3v) is 3.89. The van der Waals surface area contributed by atoms with Gasteiger partial charge in [-0.05, 0) is 30.4 Å². The molecule has 8 nitrogen and oxygen atoms in total. The van der Waals surface area contributed by atoms with Gasteiger partial charge in [0.1, 0.15) is 0 Å². The number of amides is 1. The summed E-state index contributed by atoms with van der Waals surface area (Å²) in [6.45, 7) is 0.733. The third-order valence-electron chi connectivity index (χ3n) is 3.57. The Labute approximate surface area is 147 Å². The lowest BCUT2D eigenvalue weighted by Crippen LogP contribution is -2.24. The first-order valence-corrected chi connectivity index (χ1v) is 7.84. The number of H-pyrrole nitrogens is 1. The molecular weight excluding hydrogens is 342 g/mol. The summed E-state index contributed by atoms with van der Waals surface area (Å²) in [5.74, 6) is -0.0132. The number of rotatable bonds is 5. The average molecular weight is 357 g/mol. The normalized spacial score (nSPS) is 10.8. The minimum Gasteiger partial charge on any atom is -0.383 e. The average Bonchev–Trinajstić information content (AvgIpc) is 2.62. The Bertz CT molecular complexity index is 1030. The first-order chi connectivity index (χ1) is 12.1. The van der Waals surface area contributed by atoms with E-state index in [1.807, 2.05) is 0 Å². The Morgan fingerprint density at radius 1 is 1.40 bits per heavy atom. The number of nitrogens with one attached hydrogen (secondary N) is 2. The molecule has 3 rings (SSSR count). The van der Waals surface area contributed by atoms with E-state index in [-0.39, 0.29) is 16.2 Å². The Hall–Kier alpha value is -2.91. The van der Waals surface area contributed by atoms with Gasteiger partial charge < -0.3 is 15.0 Å². The van der Waals surface area contributed by atoms with Gasteiger partial charge in [0.05, 0.1) is 30.3 Å². The van der Waals surface area contributed by atoms with Crippen LogP contribution in [0.2, 0.25) is 0 Å². The molecule has 1 aromatic carbocycles. The molecule has 25 heavy (non-hydrogen) atoms. The summed E-state index contributed by atoms with van der Waals surface area (Å²) in [6.07, 6.45) is 4.44. The molecule has 0 aliphatic rings. The quantitative estimate of drug-likeness (QED) is 0.675. The van der Waals surface area contributed by atoms with Gasteiger partial charge >= 0.3 is 0 Å². The van der Waals surface area contributed by atoms with Crippen LogP contribution in [-0.2, 0) is 11.3 Å². The highest BCUT2D eigenvalue weighted by Gasteiger charge is 2.11. The van der Waals surface area contributed by atoms with Crippen LogP contribution in [0.1, 0.15) is 10.4 Å². The molecule has 0 spiro atoms. The number of carbonyl (C=O) groups excluding carboxylic acids is 1. The van der Waals surface area contributed by atoms with E-state index in [2.05, 4.69) is 20.3 Å². The second-order valence-electron chi connectivity index (χ2n) is 5.18. The number of carbonyl (C=O) groups is 1. The molecule has 0 saturated carbocycles. The maximum absolute atomic E-state index is 12.5. The van der Waals surface area contributed by atoms with Crippen LogP contribution in [-0.4, -0.2) is 39.1 Å². The lowest BCUT2D eigenvalue weighted by molar-refractivity contribution is 0.102. The zero-order valence-electron chi connectivity index (χ0n) is 13.4. The Morgan fingerprint density at radius 3 is 2.96 bits per heavy atom. The van der Waals surface area contributed by atoms with E-state index in [0.717, 1.165) is 0 Å². The molecule has 2 aromatic heterocycles. The summed E-state index contributed by atoms with van der Waals surface area (Å²) in [5, 5.41) is 3.08. The molecule has 0 fully saturated rings. The van der Waals surface area contributed by atoms with Crippen molar-refractivity contribution in [3.63, 3.8) is 0 Å². The Morgan fingerprint density at radius 2 is 2.24 bits per heavy atom. The molecule has 128 valence electrons. The molecule has 0 bridgehead atoms. The van der Waals surface area contributed by atoms with Crippen LogP contribution in [0.5, 0.6) is 0 Å². The predicted molar refractivity (Wildman–Crippen MR) is 95.3 cm³/mol. The fraction of sp³-hybridized carbons (Fsp3) is 0.188. The van der Waals surface area contributed by atoms with Crippen LogP contribution in [0.3, 0.4) is 0 Å². The lowest BCUT2D eigenvalue weighted by atomic mass is 10.1. The van der Waals surface area contributed by atoms with Gasteiger partial charge in [-0.2, -0.15) is 0 Å². The monoisotopic (exact) mass is 357 g/mol. The van der Waals surface area contributed by atoms with Crippen molar-refractivity contribution in [2.75, 3.05) is 19.0 Å². The van der Waals surface area contributed by atoms with Crippen LogP contribution in [0.25, 0.3) is 10.9 Å². The lowest BCUT2D eigenvalue weighted by Gasteiger charge is -2.09. The first-order valence-electron chi connectivity index (χ1n) is 7.43. The summed E-state index contributed by atoms with van der Waals surface area (Å²) < 4.78 is 6.70. The van der Waals surface area contributed by atoms with E-state index in [4.69, 9.17) is 17.0 Å². The molecule has 0 atom stereocenters. The molecule has 0 saturated heterocycles. The fourth-order valence-electron chi connectivity index (χ4n) is 2.33. The van der Waals surface area contributed by atoms with E-state index < -0.39 is 0 Å². The number of fused-ring (bicyclic) bond motifs is 1. The van der Waals surface area contributed by atoms with Crippen molar-refractivity contribution in [1.82, 2.24) is 19.5 Å². The minimum absolute atomic E-state index is 0.225. The molecule has 2 N–H and O–H groups in total. The Kier molecular flexibility index (Phi) is 4.96. The fourth-order valence-corrected chi connectivity index (χ4v) is 2.62. The number of anilines is 1. The van der Waals surface area contributed by atoms with Gasteiger partial charge in [-0.15, -0.1) is 0 Å². The predicted octanol–water partition coefficient (Wildman–Crippen LogP) is 1.75. The molecule has 2 heterocycles. The zero-order valence-corrected chi connectivity index (χ0v) is 14.2. The molecule has 3 aromatic rings. The maximum atomic E-state index is 12.5. The number of ether oxygens (including phenoxy) is 1. The van der Waals surface area contributed by atoms with Gasteiger partial charge in [-0.3, -0.25) is 19.1 Å². The van der Waals surface area contributed by atoms with Gasteiger partial charge in [-0.25, -0.2) is 4.98 Å². The van der Waals surface area contributed by atoms with Crippen LogP contribution >= 0.6 is 12.2 Å². The second-order valence-corrected chi connectivity index (χ2v) is 5.57. The van der Waals surface area contributed by atoms with E-state index in [0.29, 0.717) is 35.4 Å². The summed E-state index contributed by atoms with van der Waals surface area (Å²) in [5.41, 5.74) is 0.644. The van der Waals surface area contributed by atoms with E-state index in [9.17, 15) is 9.59 Å². The van der Waals surface area contributed by atoms with Crippen LogP contribution in [0.4, 0.5) is 5.82 Å². The standard InChI is InChI=1S/C16H15N5O3S/c1-24-7-6-21-15(23)11-3-2-10(8-12(11)19-16(21)25)14(22)20-13-9-17-4-5-18-13/h2-5,8-9H,6-7H2,1H3,(H,19,25)(H,18,20,22). The van der Waals surface area contributed by atoms with Crippen molar-refractivity contribution in [1.29, 1.82) is 0 Å². The number of aromatic amines is 1. The van der Waals surface area contributed by atoms with Gasteiger partial charge in [0.2, 0.25) is 0 Å². The van der Waals surface area contributed by atoms with Crippen LogP contribution in [0, 0.1) is 4.77 Å². The number of aromatic nitrogens is 4. The van der Waals surface area contributed by atoms with Gasteiger partial charge in [0, 0.05) is 25.1 Å². The van der Waals surface area contributed by atoms with E-state index in [1.54, 1.807) is 25.3 Å². The summed E-state index contributed by atoms with van der Waals surface area (Å²) in [7, 11) is 1.56. The first kappa shape index (κ1) is 16.9. The van der Waals surface area contributed by atoms with Crippen LogP contribution in [0.15, 0.2) is 41.6 Å². The molecule has 0 unspecified atom stereocenters. The highest BCUT2D eigenvalue weighted by atomic mass is 32.1. The SMILES string of the molecule is COCCn1c(=S)[nH]c2cc(C(=O)Nc3cnccn3)ccc2c1=O. The van der Waals surface area contributed by atoms with Crippen molar-refractivity contribution in [3.8, 4) is 0 Å². The van der Waals surface area contributed by atoms with Gasteiger partial charge in [-0.1, -0.05) is 0 Å². The molecule has 0 aliphatic heterocycles. The summed E-state index contributed by atoms with van der Waals surface area (Å²) in [6, 6.07) is 4.75. The van der Waals surface area contributed by atoms with E-state index >= 15 is 0 Å². The van der Waals surface area contributed by atoms with Crippen molar-refractivity contribution in [2.24, 2.45) is 0 Å². The zero-order chi connectivity index (χ0) is 17.8. The van der Waals surface area contributed by atoms with E-state index in [1.165, 1.54) is 23.2 Å². The second kappa shape index (κ2) is 7.32. The molecule has 0 aliphatic carbocycles. The molecule has 1 amide bonds. The van der Waals surface area contributed by atoms with Gasteiger partial charge in [0.25, 0.3) is 11.5 Å². The van der Waals surface area contributed by atoms with Crippen molar-refractivity contribution >= 4 is 34.8 Å². The highest BCUT2D eigenvalue weighted by Crippen LogP contribution is 2.12. The van der Waals surface area contributed by atoms with Gasteiger partial charge in [0.15, 0.2) is 10.6 Å². The number of hydrogen-bond donors (Lipinski definition) is 2. The van der Waals surface area contributed by atoms with Crippen molar-refractivity contribution in [3.05, 3.63) is 57.5 Å². The maximum Gasteiger partial charge on any atom is 0.262 e. The summed E-state index contributed by atoms with van der Waals surface area (Å²) in [4.78, 5) is 35.7. The number of methoxy groups -OCH3 is 1. The molecular formula is C16H15N5O3S. The largest absolute Gasteiger partial charge is 0.383 e. The number of hydrogen-bond acceptors (Lipinski definition) is 6. The molecule has 9 heteroatoms. The van der Waals surface area contributed by atoms with Crippen LogP contribution < -0.4 is 10.9 Å². The third kappa shape index (κ3) is 3.62. The minimum atomic E-state index is -0.356. The Balaban J connectivity index is 1.96.